The molecule has 1 aromatic heterocycles. The average Bonchev–Trinajstić information content (AvgIpc) is 3.11. The van der Waals surface area contributed by atoms with E-state index in [-0.39, 0.29) is 0 Å². The second kappa shape index (κ2) is 6.12. The summed E-state index contributed by atoms with van der Waals surface area (Å²) < 4.78 is 2.26. The summed E-state index contributed by atoms with van der Waals surface area (Å²) >= 11 is 0. The van der Waals surface area contributed by atoms with Crippen molar-refractivity contribution in [2.75, 3.05) is 4.81 Å². The molecule has 2 heterocycles. The standard InChI is InChI=1S/C21H26BN2/c1-16-14-19-10-6-7-11-20(19)22(2)24(16)21-15-18(12-13-23(21)3)17-8-4-5-9-17/h6-7,10-15,17H,4-5,8-9H2,1-3H3/q+1. The van der Waals surface area contributed by atoms with Gasteiger partial charge in [-0.15, -0.1) is 0 Å². The number of rotatable bonds is 2. The molecule has 1 aliphatic heterocycles. The molecule has 0 bridgehead atoms. The highest BCUT2D eigenvalue weighted by Crippen LogP contribution is 2.35. The number of hydrogen-bond donors (Lipinski definition) is 0. The molecule has 24 heavy (non-hydrogen) atoms. The monoisotopic (exact) mass is 317 g/mol. The molecular formula is C21H26BN2+. The Morgan fingerprint density at radius 1 is 1.12 bits per heavy atom. The predicted octanol–water partition coefficient (Wildman–Crippen LogP) is 3.88. The van der Waals surface area contributed by atoms with Crippen LogP contribution >= 0.6 is 0 Å². The maximum absolute atomic E-state index is 2.49. The Kier molecular flexibility index (Phi) is 3.95. The third-order valence-corrected chi connectivity index (χ3v) is 5.80. The molecule has 0 amide bonds. The summed E-state index contributed by atoms with van der Waals surface area (Å²) in [6.07, 6.45) is 10.0. The molecule has 1 aromatic carbocycles. The quantitative estimate of drug-likeness (QED) is 0.602. The summed E-state index contributed by atoms with van der Waals surface area (Å²) in [7, 11) is 2.16. The summed E-state index contributed by atoms with van der Waals surface area (Å²) in [6, 6.07) is 13.5. The van der Waals surface area contributed by atoms with Crippen molar-refractivity contribution in [3.63, 3.8) is 0 Å². The van der Waals surface area contributed by atoms with E-state index in [9.17, 15) is 0 Å². The summed E-state index contributed by atoms with van der Waals surface area (Å²) in [6.45, 7) is 4.91. The molecule has 1 fully saturated rings. The lowest BCUT2D eigenvalue weighted by molar-refractivity contribution is -0.658. The molecule has 2 aromatic rings. The fraction of sp³-hybridized carbons (Fsp3) is 0.381. The molecule has 1 aliphatic carbocycles. The number of hydrogen-bond acceptors (Lipinski definition) is 1. The molecule has 2 nitrogen and oxygen atoms in total. The van der Waals surface area contributed by atoms with Gasteiger partial charge in [-0.1, -0.05) is 37.1 Å². The van der Waals surface area contributed by atoms with Gasteiger partial charge in [0, 0.05) is 6.07 Å². The maximum Gasteiger partial charge on any atom is 0.409 e. The predicted molar refractivity (Wildman–Crippen MR) is 103 cm³/mol. The van der Waals surface area contributed by atoms with Crippen LogP contribution in [0.25, 0.3) is 6.08 Å². The smallest absolute Gasteiger partial charge is 0.290 e. The number of fused-ring (bicyclic) bond motifs is 1. The molecular weight excluding hydrogens is 291 g/mol. The summed E-state index contributed by atoms with van der Waals surface area (Å²) in [5.41, 5.74) is 5.60. The van der Waals surface area contributed by atoms with Gasteiger partial charge in [0.05, 0.1) is 18.9 Å². The van der Waals surface area contributed by atoms with E-state index < -0.39 is 0 Å². The van der Waals surface area contributed by atoms with E-state index in [0.29, 0.717) is 6.85 Å². The highest BCUT2D eigenvalue weighted by Gasteiger charge is 2.36. The minimum Gasteiger partial charge on any atom is -0.290 e. The lowest BCUT2D eigenvalue weighted by atomic mass is 9.53. The van der Waals surface area contributed by atoms with Crippen molar-refractivity contribution in [1.29, 1.82) is 0 Å². The van der Waals surface area contributed by atoms with Gasteiger partial charge in [-0.3, -0.25) is 4.81 Å². The van der Waals surface area contributed by atoms with Crippen LogP contribution in [0.15, 0.2) is 48.3 Å². The minimum absolute atomic E-state index is 0.358. The first kappa shape index (κ1) is 15.5. The fourth-order valence-corrected chi connectivity index (χ4v) is 4.47. The summed E-state index contributed by atoms with van der Waals surface area (Å²) in [4.78, 5) is 2.49. The lowest BCUT2D eigenvalue weighted by Gasteiger charge is -2.29. The van der Waals surface area contributed by atoms with Crippen LogP contribution in [0.4, 0.5) is 5.82 Å². The number of allylic oxidation sites excluding steroid dienone is 1. The second-order valence-corrected chi connectivity index (χ2v) is 7.37. The Labute approximate surface area is 145 Å². The average molecular weight is 317 g/mol. The highest BCUT2D eigenvalue weighted by atomic mass is 15.2. The van der Waals surface area contributed by atoms with Crippen LogP contribution < -0.4 is 14.8 Å². The fourth-order valence-electron chi connectivity index (χ4n) is 4.47. The van der Waals surface area contributed by atoms with Gasteiger partial charge in [0.25, 0.3) is 5.82 Å². The van der Waals surface area contributed by atoms with Crippen molar-refractivity contribution in [2.24, 2.45) is 7.05 Å². The first-order valence-electron chi connectivity index (χ1n) is 9.21. The molecule has 0 atom stereocenters. The summed E-state index contributed by atoms with van der Waals surface area (Å²) in [5.74, 6) is 2.05. The van der Waals surface area contributed by atoms with Gasteiger partial charge in [0.15, 0.2) is 0 Å². The van der Waals surface area contributed by atoms with Gasteiger partial charge in [-0.05, 0) is 61.2 Å². The molecule has 0 radical (unpaired) electrons. The molecule has 0 unspecified atom stereocenters. The van der Waals surface area contributed by atoms with E-state index in [2.05, 4.69) is 78.8 Å². The Morgan fingerprint density at radius 2 is 1.88 bits per heavy atom. The zero-order valence-electron chi connectivity index (χ0n) is 15.0. The van der Waals surface area contributed by atoms with Gasteiger partial charge in [0.2, 0.25) is 0 Å². The van der Waals surface area contributed by atoms with E-state index in [1.807, 2.05) is 0 Å². The topological polar surface area (TPSA) is 7.12 Å². The molecule has 2 aliphatic rings. The largest absolute Gasteiger partial charge is 0.409 e. The molecule has 0 saturated heterocycles. The Bertz CT molecular complexity index is 790. The second-order valence-electron chi connectivity index (χ2n) is 7.37. The molecule has 0 spiro atoms. The normalized spacial score (nSPS) is 17.9. The molecule has 1 saturated carbocycles. The van der Waals surface area contributed by atoms with Gasteiger partial charge in [0.1, 0.15) is 0 Å². The van der Waals surface area contributed by atoms with Crippen molar-refractivity contribution in [3.8, 4) is 0 Å². The van der Waals surface area contributed by atoms with Crippen LogP contribution in [0.5, 0.6) is 0 Å². The van der Waals surface area contributed by atoms with Gasteiger partial charge in [-0.2, -0.15) is 0 Å². The molecule has 122 valence electrons. The van der Waals surface area contributed by atoms with E-state index in [4.69, 9.17) is 0 Å². The number of nitrogens with zero attached hydrogens (tertiary/aromatic N) is 2. The van der Waals surface area contributed by atoms with Crippen molar-refractivity contribution < 1.29 is 4.57 Å². The first-order valence-corrected chi connectivity index (χ1v) is 9.21. The van der Waals surface area contributed by atoms with Crippen LogP contribution in [0.3, 0.4) is 0 Å². The summed E-state index contributed by atoms with van der Waals surface area (Å²) in [5, 5.41) is 0. The zero-order chi connectivity index (χ0) is 16.7. The molecule has 3 heteroatoms. The maximum atomic E-state index is 2.49. The van der Waals surface area contributed by atoms with E-state index in [1.54, 1.807) is 0 Å². The van der Waals surface area contributed by atoms with E-state index >= 15 is 0 Å². The van der Waals surface area contributed by atoms with E-state index in [0.717, 1.165) is 5.92 Å². The number of aromatic nitrogens is 1. The Hall–Kier alpha value is -2.03. The minimum atomic E-state index is 0.358. The van der Waals surface area contributed by atoms with Crippen molar-refractivity contribution >= 4 is 24.2 Å². The Balaban J connectivity index is 1.77. The van der Waals surface area contributed by atoms with Crippen LogP contribution in [-0.2, 0) is 7.05 Å². The third-order valence-electron chi connectivity index (χ3n) is 5.80. The van der Waals surface area contributed by atoms with Gasteiger partial charge in [-0.25, -0.2) is 4.57 Å². The zero-order valence-corrected chi connectivity index (χ0v) is 15.0. The van der Waals surface area contributed by atoms with E-state index in [1.165, 1.54) is 53.8 Å². The number of aryl methyl sites for hydroxylation is 1. The lowest BCUT2D eigenvalue weighted by Crippen LogP contribution is -2.53. The highest BCUT2D eigenvalue weighted by molar-refractivity contribution is 6.77. The third kappa shape index (κ3) is 2.56. The first-order chi connectivity index (χ1) is 11.6. The Morgan fingerprint density at radius 3 is 2.67 bits per heavy atom. The van der Waals surface area contributed by atoms with Gasteiger partial charge < -0.3 is 0 Å². The number of pyridine rings is 1. The van der Waals surface area contributed by atoms with Crippen molar-refractivity contribution in [1.82, 2.24) is 0 Å². The number of anilines is 1. The molecule has 4 rings (SSSR count). The van der Waals surface area contributed by atoms with Crippen LogP contribution in [0, 0.1) is 0 Å². The van der Waals surface area contributed by atoms with Crippen molar-refractivity contribution in [2.45, 2.75) is 45.3 Å². The van der Waals surface area contributed by atoms with Crippen LogP contribution in [0.2, 0.25) is 6.82 Å². The van der Waals surface area contributed by atoms with Crippen molar-refractivity contribution in [3.05, 3.63) is 59.4 Å². The molecule has 0 N–H and O–H groups in total. The SMILES string of the molecule is CB1c2ccccc2C=C(C)N1c1cc(C2CCCC2)cc[n+]1C. The van der Waals surface area contributed by atoms with Crippen LogP contribution in [-0.4, -0.2) is 6.85 Å². The van der Waals surface area contributed by atoms with Gasteiger partial charge >= 0.3 is 6.85 Å². The van der Waals surface area contributed by atoms with Crippen LogP contribution in [0.1, 0.15) is 49.7 Å². The number of benzene rings is 1.